The average molecular weight is 376 g/mol. The predicted molar refractivity (Wildman–Crippen MR) is 105 cm³/mol. The van der Waals surface area contributed by atoms with E-state index in [1.807, 2.05) is 42.1 Å². The number of rotatable bonds is 7. The first-order valence-electron chi connectivity index (χ1n) is 8.37. The summed E-state index contributed by atoms with van der Waals surface area (Å²) in [4.78, 5) is 29.6. The van der Waals surface area contributed by atoms with E-state index in [9.17, 15) is 9.59 Å². The molecule has 1 amide bonds. The van der Waals surface area contributed by atoms with Crippen molar-refractivity contribution in [3.63, 3.8) is 0 Å². The monoisotopic (exact) mass is 375 g/mol. The first-order chi connectivity index (χ1) is 12.0. The molecule has 25 heavy (non-hydrogen) atoms. The van der Waals surface area contributed by atoms with E-state index in [1.165, 1.54) is 22.9 Å². The van der Waals surface area contributed by atoms with Gasteiger partial charge in [-0.2, -0.15) is 0 Å². The molecule has 0 aliphatic heterocycles. The molecule has 2 heterocycles. The van der Waals surface area contributed by atoms with Gasteiger partial charge in [-0.15, -0.1) is 11.3 Å². The van der Waals surface area contributed by atoms with Crippen molar-refractivity contribution in [1.29, 1.82) is 0 Å². The number of aromatic nitrogens is 2. The molecule has 0 aliphatic rings. The molecule has 1 aromatic carbocycles. The molecular weight excluding hydrogens is 354 g/mol. The van der Waals surface area contributed by atoms with Crippen LogP contribution in [0.3, 0.4) is 0 Å². The molecule has 5 nitrogen and oxygen atoms in total. The highest BCUT2D eigenvalue weighted by Crippen LogP contribution is 2.21. The molecule has 1 N–H and O–H groups in total. The Morgan fingerprint density at radius 2 is 2.00 bits per heavy atom. The summed E-state index contributed by atoms with van der Waals surface area (Å²) in [6.45, 7) is 4.65. The lowest BCUT2D eigenvalue weighted by Crippen LogP contribution is -2.13. The fraction of sp³-hybridized carbons (Fsp3) is 0.389. The van der Waals surface area contributed by atoms with Crippen molar-refractivity contribution in [1.82, 2.24) is 8.94 Å². The number of aryl methyl sites for hydroxylation is 3. The van der Waals surface area contributed by atoms with Crippen molar-refractivity contribution in [2.24, 2.45) is 0 Å². The third-order valence-electron chi connectivity index (χ3n) is 4.09. The van der Waals surface area contributed by atoms with E-state index < -0.39 is 0 Å². The normalized spacial score (nSPS) is 11.1. The molecule has 0 aliphatic carbocycles. The molecule has 0 spiro atoms. The number of thiazole rings is 1. The van der Waals surface area contributed by atoms with Gasteiger partial charge >= 0.3 is 0 Å². The summed E-state index contributed by atoms with van der Waals surface area (Å²) < 4.78 is 2.84. The smallest absolute Gasteiger partial charge is 0.268 e. The zero-order chi connectivity index (χ0) is 17.8. The van der Waals surface area contributed by atoms with Crippen LogP contribution < -0.4 is 10.9 Å². The largest absolute Gasteiger partial charge is 0.302 e. The maximum Gasteiger partial charge on any atom is 0.268 e. The summed E-state index contributed by atoms with van der Waals surface area (Å²) in [5, 5.41) is 4.32. The first kappa shape index (κ1) is 17.8. The van der Waals surface area contributed by atoms with Crippen LogP contribution in [0.25, 0.3) is 10.1 Å². The highest BCUT2D eigenvalue weighted by Gasteiger charge is 2.09. The number of amides is 1. The topological polar surface area (TPSA) is 64.0 Å². The minimum atomic E-state index is 0.00720. The van der Waals surface area contributed by atoms with Crippen LogP contribution in [0.5, 0.6) is 0 Å². The number of benzene rings is 1. The summed E-state index contributed by atoms with van der Waals surface area (Å²) >= 11 is 3.02. The van der Waals surface area contributed by atoms with Gasteiger partial charge in [0, 0.05) is 17.8 Å². The van der Waals surface area contributed by atoms with Crippen molar-refractivity contribution in [2.45, 2.75) is 46.1 Å². The minimum Gasteiger partial charge on any atom is -0.302 e. The summed E-state index contributed by atoms with van der Waals surface area (Å²) in [7, 11) is 0. The highest BCUT2D eigenvalue weighted by molar-refractivity contribution is 7.15. The lowest BCUT2D eigenvalue weighted by Gasteiger charge is -2.02. The van der Waals surface area contributed by atoms with Gasteiger partial charge < -0.3 is 5.32 Å². The Morgan fingerprint density at radius 1 is 1.20 bits per heavy atom. The van der Waals surface area contributed by atoms with E-state index in [1.54, 1.807) is 0 Å². The van der Waals surface area contributed by atoms with Crippen molar-refractivity contribution in [3.8, 4) is 0 Å². The number of nitrogens with one attached hydrogen (secondary N) is 1. The van der Waals surface area contributed by atoms with Crippen LogP contribution in [0.1, 0.15) is 36.3 Å². The quantitative estimate of drug-likeness (QED) is 0.625. The predicted octanol–water partition coefficient (Wildman–Crippen LogP) is 4.34. The molecule has 3 aromatic rings. The maximum atomic E-state index is 12.2. The van der Waals surface area contributed by atoms with Gasteiger partial charge in [0.05, 0.1) is 15.8 Å². The number of fused-ring (bicyclic) bond motifs is 1. The molecular formula is C18H21N3O2S2. The molecule has 0 radical (unpaired) electrons. The first-order valence-corrected chi connectivity index (χ1v) is 9.96. The Labute approximate surface area is 154 Å². The number of anilines is 1. The average Bonchev–Trinajstić information content (AvgIpc) is 3.07. The van der Waals surface area contributed by atoms with Crippen molar-refractivity contribution >= 4 is 44.0 Å². The minimum absolute atomic E-state index is 0.00720. The van der Waals surface area contributed by atoms with E-state index in [0.717, 1.165) is 39.9 Å². The highest BCUT2D eigenvalue weighted by atomic mass is 32.1. The lowest BCUT2D eigenvalue weighted by atomic mass is 10.2. The number of hydrogen-bond donors (Lipinski definition) is 1. The van der Waals surface area contributed by atoms with E-state index in [2.05, 4.69) is 10.3 Å². The van der Waals surface area contributed by atoms with Crippen LogP contribution >= 0.6 is 22.9 Å². The summed E-state index contributed by atoms with van der Waals surface area (Å²) in [6.07, 6.45) is 3.12. The van der Waals surface area contributed by atoms with Gasteiger partial charge in [0.2, 0.25) is 5.91 Å². The molecule has 0 atom stereocenters. The van der Waals surface area contributed by atoms with Crippen molar-refractivity contribution in [3.05, 3.63) is 45.2 Å². The molecule has 2 aromatic heterocycles. The Morgan fingerprint density at radius 3 is 2.72 bits per heavy atom. The SMILES string of the molecule is Cc1nc(NC(=O)CCCCCn2sc3ccccc3c2=O)sc1C. The van der Waals surface area contributed by atoms with E-state index in [0.29, 0.717) is 18.1 Å². The molecule has 0 bridgehead atoms. The van der Waals surface area contributed by atoms with Crippen molar-refractivity contribution < 1.29 is 4.79 Å². The fourth-order valence-corrected chi connectivity index (χ4v) is 4.45. The van der Waals surface area contributed by atoms with E-state index >= 15 is 0 Å². The lowest BCUT2D eigenvalue weighted by molar-refractivity contribution is -0.116. The Hall–Kier alpha value is -1.99. The van der Waals surface area contributed by atoms with Gasteiger partial charge in [-0.3, -0.25) is 13.5 Å². The molecule has 0 fully saturated rings. The third-order valence-corrected chi connectivity index (χ3v) is 6.20. The van der Waals surface area contributed by atoms with Crippen LogP contribution in [-0.4, -0.2) is 14.8 Å². The second-order valence-corrected chi connectivity index (χ2v) is 8.28. The number of unbranched alkanes of at least 4 members (excludes halogenated alkanes) is 2. The molecule has 132 valence electrons. The molecule has 0 unspecified atom stereocenters. The Kier molecular flexibility index (Phi) is 5.65. The number of nitrogens with zero attached hydrogens (tertiary/aromatic N) is 2. The molecule has 7 heteroatoms. The zero-order valence-corrected chi connectivity index (χ0v) is 16.0. The van der Waals surface area contributed by atoms with Crippen LogP contribution in [-0.2, 0) is 11.3 Å². The third kappa shape index (κ3) is 4.35. The van der Waals surface area contributed by atoms with Gasteiger partial charge in [0.1, 0.15) is 0 Å². The van der Waals surface area contributed by atoms with Gasteiger partial charge in [0.15, 0.2) is 5.13 Å². The number of carbonyl (C=O) groups is 1. The van der Waals surface area contributed by atoms with Gasteiger partial charge in [-0.1, -0.05) is 30.1 Å². The molecule has 3 rings (SSSR count). The standard InChI is InChI=1S/C18H21N3O2S2/c1-12-13(2)24-18(19-12)20-16(22)10-4-3-7-11-21-17(23)14-8-5-6-9-15(14)25-21/h5-6,8-9H,3-4,7,10-11H2,1-2H3,(H,19,20,22). The van der Waals surface area contributed by atoms with Crippen LogP contribution in [0.4, 0.5) is 5.13 Å². The van der Waals surface area contributed by atoms with Crippen LogP contribution in [0.15, 0.2) is 29.1 Å². The van der Waals surface area contributed by atoms with Gasteiger partial charge in [0.25, 0.3) is 5.56 Å². The van der Waals surface area contributed by atoms with Gasteiger partial charge in [-0.05, 0) is 38.8 Å². The van der Waals surface area contributed by atoms with Crippen molar-refractivity contribution in [2.75, 3.05) is 5.32 Å². The number of hydrogen-bond acceptors (Lipinski definition) is 5. The van der Waals surface area contributed by atoms with E-state index in [-0.39, 0.29) is 11.5 Å². The molecule has 0 saturated heterocycles. The van der Waals surface area contributed by atoms with E-state index in [4.69, 9.17) is 0 Å². The number of carbonyl (C=O) groups excluding carboxylic acids is 1. The summed E-state index contributed by atoms with van der Waals surface area (Å²) in [5.74, 6) is 0.00720. The zero-order valence-electron chi connectivity index (χ0n) is 14.4. The Bertz CT molecular complexity index is 920. The Balaban J connectivity index is 1.41. The van der Waals surface area contributed by atoms with Gasteiger partial charge in [-0.25, -0.2) is 4.98 Å². The second kappa shape index (κ2) is 7.93. The summed E-state index contributed by atoms with van der Waals surface area (Å²) in [6, 6.07) is 7.69. The molecule has 0 saturated carbocycles. The second-order valence-electron chi connectivity index (χ2n) is 6.01. The van der Waals surface area contributed by atoms with Crippen LogP contribution in [0, 0.1) is 13.8 Å². The fourth-order valence-electron chi connectivity index (χ4n) is 2.59. The van der Waals surface area contributed by atoms with Crippen LogP contribution in [0.2, 0.25) is 0 Å². The maximum absolute atomic E-state index is 12.2. The summed E-state index contributed by atoms with van der Waals surface area (Å²) in [5.41, 5.74) is 1.06.